The molecule has 0 bridgehead atoms. The number of rotatable bonds is 4. The maximum Gasteiger partial charge on any atom is 0.147 e. The Morgan fingerprint density at radius 3 is 2.71 bits per heavy atom. The Hall–Kier alpha value is -1.69. The molecular formula is C18H19ClN4S. The molecule has 0 spiro atoms. The number of hydrogen-bond acceptors (Lipinski definition) is 5. The van der Waals surface area contributed by atoms with E-state index >= 15 is 0 Å². The highest BCUT2D eigenvalue weighted by Crippen LogP contribution is 2.27. The van der Waals surface area contributed by atoms with Gasteiger partial charge >= 0.3 is 0 Å². The standard InChI is InChI=1S/C18H19ClN4S/c19-14-3-1-13(2-4-14)11-23-8-5-15(6-9-23)22-18-17-16(7-10-24-17)20-12-21-18/h1-4,7,10,12,15H,5-6,8-9,11H2,(H,20,21,22). The Morgan fingerprint density at radius 2 is 1.92 bits per heavy atom. The molecule has 1 N–H and O–H groups in total. The van der Waals surface area contributed by atoms with E-state index in [1.54, 1.807) is 17.7 Å². The molecule has 124 valence electrons. The van der Waals surface area contributed by atoms with Crippen molar-refractivity contribution in [3.63, 3.8) is 0 Å². The topological polar surface area (TPSA) is 41.0 Å². The predicted molar refractivity (Wildman–Crippen MR) is 101 cm³/mol. The number of nitrogens with one attached hydrogen (secondary N) is 1. The van der Waals surface area contributed by atoms with Crippen LogP contribution in [0.25, 0.3) is 10.2 Å². The summed E-state index contributed by atoms with van der Waals surface area (Å²) in [7, 11) is 0. The first-order chi connectivity index (χ1) is 11.8. The number of anilines is 1. The minimum atomic E-state index is 0.478. The van der Waals surface area contributed by atoms with E-state index in [-0.39, 0.29) is 0 Å². The van der Waals surface area contributed by atoms with E-state index in [0.717, 1.165) is 53.5 Å². The first kappa shape index (κ1) is 15.8. The van der Waals surface area contributed by atoms with Crippen LogP contribution in [0.15, 0.2) is 42.0 Å². The zero-order valence-electron chi connectivity index (χ0n) is 13.3. The van der Waals surface area contributed by atoms with Gasteiger partial charge in [-0.25, -0.2) is 9.97 Å². The van der Waals surface area contributed by atoms with Gasteiger partial charge in [-0.2, -0.15) is 0 Å². The van der Waals surface area contributed by atoms with Crippen LogP contribution in [0.4, 0.5) is 5.82 Å². The lowest BCUT2D eigenvalue weighted by Gasteiger charge is -2.32. The molecule has 4 nitrogen and oxygen atoms in total. The maximum atomic E-state index is 5.95. The van der Waals surface area contributed by atoms with Crippen LogP contribution in [0.2, 0.25) is 5.02 Å². The Kier molecular flexibility index (Phi) is 4.65. The molecule has 0 unspecified atom stereocenters. The molecular weight excluding hydrogens is 340 g/mol. The first-order valence-electron chi connectivity index (χ1n) is 8.19. The number of halogens is 1. The van der Waals surface area contributed by atoms with Gasteiger partial charge in [0.05, 0.1) is 10.2 Å². The number of fused-ring (bicyclic) bond motifs is 1. The van der Waals surface area contributed by atoms with Gasteiger partial charge in [-0.05, 0) is 42.0 Å². The number of hydrogen-bond donors (Lipinski definition) is 1. The zero-order valence-corrected chi connectivity index (χ0v) is 14.9. The van der Waals surface area contributed by atoms with Gasteiger partial charge in [-0.3, -0.25) is 4.90 Å². The summed E-state index contributed by atoms with van der Waals surface area (Å²) in [6.45, 7) is 3.19. The normalized spacial score (nSPS) is 16.5. The summed E-state index contributed by atoms with van der Waals surface area (Å²) < 4.78 is 1.15. The van der Waals surface area contributed by atoms with Gasteiger partial charge in [0.1, 0.15) is 12.1 Å². The molecule has 1 fully saturated rings. The fourth-order valence-corrected chi connectivity index (χ4v) is 4.09. The third kappa shape index (κ3) is 3.53. The highest BCUT2D eigenvalue weighted by atomic mass is 35.5. The van der Waals surface area contributed by atoms with Crippen molar-refractivity contribution < 1.29 is 0 Å². The van der Waals surface area contributed by atoms with E-state index in [0.29, 0.717) is 6.04 Å². The highest BCUT2D eigenvalue weighted by Gasteiger charge is 2.20. The largest absolute Gasteiger partial charge is 0.366 e. The Labute approximate surface area is 150 Å². The van der Waals surface area contributed by atoms with Crippen molar-refractivity contribution in [3.05, 3.63) is 52.6 Å². The molecule has 1 aliphatic heterocycles. The molecule has 3 heterocycles. The third-order valence-corrected chi connectivity index (χ3v) is 5.65. The number of piperidine rings is 1. The number of likely N-dealkylation sites (tertiary alicyclic amines) is 1. The van der Waals surface area contributed by atoms with Crippen molar-refractivity contribution in [1.29, 1.82) is 0 Å². The maximum absolute atomic E-state index is 5.95. The fraction of sp³-hybridized carbons (Fsp3) is 0.333. The molecule has 24 heavy (non-hydrogen) atoms. The van der Waals surface area contributed by atoms with Gasteiger partial charge in [0.15, 0.2) is 0 Å². The fourth-order valence-electron chi connectivity index (χ4n) is 3.17. The smallest absolute Gasteiger partial charge is 0.147 e. The Bertz CT molecular complexity index is 809. The van der Waals surface area contributed by atoms with Crippen molar-refractivity contribution >= 4 is 39.0 Å². The summed E-state index contributed by atoms with van der Waals surface area (Å²) in [5.41, 5.74) is 2.35. The van der Waals surface area contributed by atoms with E-state index < -0.39 is 0 Å². The van der Waals surface area contributed by atoms with Crippen LogP contribution in [0.1, 0.15) is 18.4 Å². The molecule has 0 saturated carbocycles. The van der Waals surface area contributed by atoms with Crippen LogP contribution in [0.5, 0.6) is 0 Å². The molecule has 3 aromatic rings. The Morgan fingerprint density at radius 1 is 1.12 bits per heavy atom. The van der Waals surface area contributed by atoms with Crippen LogP contribution in [-0.4, -0.2) is 34.0 Å². The molecule has 6 heteroatoms. The molecule has 0 amide bonds. The lowest BCUT2D eigenvalue weighted by molar-refractivity contribution is 0.211. The van der Waals surface area contributed by atoms with Crippen molar-refractivity contribution in [2.24, 2.45) is 0 Å². The Balaban J connectivity index is 1.34. The molecule has 0 aliphatic carbocycles. The minimum Gasteiger partial charge on any atom is -0.366 e. The van der Waals surface area contributed by atoms with Gasteiger partial charge in [0.2, 0.25) is 0 Å². The average Bonchev–Trinajstić information content (AvgIpc) is 3.08. The van der Waals surface area contributed by atoms with Gasteiger partial charge in [0, 0.05) is 30.7 Å². The van der Waals surface area contributed by atoms with Gasteiger partial charge < -0.3 is 5.32 Å². The van der Waals surface area contributed by atoms with E-state index in [2.05, 4.69) is 37.7 Å². The van der Waals surface area contributed by atoms with Gasteiger partial charge in [-0.15, -0.1) is 11.3 Å². The van der Waals surface area contributed by atoms with E-state index in [1.807, 2.05) is 18.2 Å². The second-order valence-electron chi connectivity index (χ2n) is 6.18. The summed E-state index contributed by atoms with van der Waals surface area (Å²) in [5, 5.41) is 6.48. The highest BCUT2D eigenvalue weighted by molar-refractivity contribution is 7.17. The van der Waals surface area contributed by atoms with Crippen molar-refractivity contribution in [1.82, 2.24) is 14.9 Å². The molecule has 0 atom stereocenters. The summed E-state index contributed by atoms with van der Waals surface area (Å²) in [5.74, 6) is 0.978. The molecule has 2 aromatic heterocycles. The third-order valence-electron chi connectivity index (χ3n) is 4.49. The second kappa shape index (κ2) is 7.05. The van der Waals surface area contributed by atoms with E-state index in [4.69, 9.17) is 11.6 Å². The van der Waals surface area contributed by atoms with Crippen molar-refractivity contribution in [2.45, 2.75) is 25.4 Å². The van der Waals surface area contributed by atoms with Gasteiger partial charge in [0.25, 0.3) is 0 Å². The summed E-state index contributed by atoms with van der Waals surface area (Å²) in [6, 6.07) is 10.7. The van der Waals surface area contributed by atoms with Crippen LogP contribution in [0.3, 0.4) is 0 Å². The number of nitrogens with zero attached hydrogens (tertiary/aromatic N) is 3. The molecule has 1 aliphatic rings. The lowest BCUT2D eigenvalue weighted by Crippen LogP contribution is -2.38. The number of thiophene rings is 1. The SMILES string of the molecule is Clc1ccc(CN2CCC(Nc3ncnc4ccsc34)CC2)cc1. The number of benzene rings is 1. The first-order valence-corrected chi connectivity index (χ1v) is 9.45. The van der Waals surface area contributed by atoms with E-state index in [9.17, 15) is 0 Å². The van der Waals surface area contributed by atoms with Crippen molar-refractivity contribution in [2.75, 3.05) is 18.4 Å². The summed E-state index contributed by atoms with van der Waals surface area (Å²) >= 11 is 7.65. The van der Waals surface area contributed by atoms with Crippen LogP contribution < -0.4 is 5.32 Å². The van der Waals surface area contributed by atoms with Crippen LogP contribution >= 0.6 is 22.9 Å². The molecule has 0 radical (unpaired) electrons. The quantitative estimate of drug-likeness (QED) is 0.749. The van der Waals surface area contributed by atoms with Crippen LogP contribution in [-0.2, 0) is 6.54 Å². The average molecular weight is 359 g/mol. The second-order valence-corrected chi connectivity index (χ2v) is 7.53. The summed E-state index contributed by atoms with van der Waals surface area (Å²) in [6.07, 6.45) is 3.90. The zero-order chi connectivity index (χ0) is 16.4. The van der Waals surface area contributed by atoms with E-state index in [1.165, 1.54) is 5.56 Å². The van der Waals surface area contributed by atoms with Crippen molar-refractivity contribution in [3.8, 4) is 0 Å². The molecule has 1 aromatic carbocycles. The van der Waals surface area contributed by atoms with Gasteiger partial charge in [-0.1, -0.05) is 23.7 Å². The number of aromatic nitrogens is 2. The molecule has 4 rings (SSSR count). The predicted octanol–water partition coefficient (Wildman–Crippen LogP) is 4.42. The van der Waals surface area contributed by atoms with Crippen LogP contribution in [0, 0.1) is 0 Å². The lowest BCUT2D eigenvalue weighted by atomic mass is 10.0. The summed E-state index contributed by atoms with van der Waals surface area (Å²) in [4.78, 5) is 11.2. The monoisotopic (exact) mass is 358 g/mol. The minimum absolute atomic E-state index is 0.478. The molecule has 1 saturated heterocycles.